The van der Waals surface area contributed by atoms with Gasteiger partial charge in [-0.3, -0.25) is 0 Å². The zero-order valence-corrected chi connectivity index (χ0v) is 10.9. The maximum Gasteiger partial charge on any atom is 0.0510 e. The summed E-state index contributed by atoms with van der Waals surface area (Å²) >= 11 is 0. The maximum absolute atomic E-state index is 5.53. The normalized spacial score (nSPS) is 23.5. The smallest absolute Gasteiger partial charge is 0.0510 e. The summed E-state index contributed by atoms with van der Waals surface area (Å²) in [5, 5.41) is 3.51. The van der Waals surface area contributed by atoms with E-state index in [4.69, 9.17) is 4.74 Å². The van der Waals surface area contributed by atoms with Crippen molar-refractivity contribution < 1.29 is 4.74 Å². The molecule has 0 aromatic heterocycles. The third-order valence-electron chi connectivity index (χ3n) is 3.91. The molecule has 1 aromatic rings. The molecule has 3 atom stereocenters. The summed E-state index contributed by atoms with van der Waals surface area (Å²) in [7, 11) is 2.08. The third kappa shape index (κ3) is 2.88. The first-order chi connectivity index (χ1) is 8.36. The first-order valence-corrected chi connectivity index (χ1v) is 6.66. The standard InChI is InChI=1S/C15H23NO/c1-3-14(12-7-5-4-6-8-12)15(16-2)13-9-10-17-11-13/h4-8,13-16H,3,9-11H2,1-2H3. The van der Waals surface area contributed by atoms with E-state index in [9.17, 15) is 0 Å². The monoisotopic (exact) mass is 233 g/mol. The first-order valence-electron chi connectivity index (χ1n) is 6.66. The van der Waals surface area contributed by atoms with Crippen LogP contribution in [-0.2, 0) is 4.74 Å². The van der Waals surface area contributed by atoms with Crippen molar-refractivity contribution >= 4 is 0 Å². The van der Waals surface area contributed by atoms with Crippen molar-refractivity contribution in [1.29, 1.82) is 0 Å². The minimum Gasteiger partial charge on any atom is -0.381 e. The van der Waals surface area contributed by atoms with E-state index < -0.39 is 0 Å². The minimum atomic E-state index is 0.532. The van der Waals surface area contributed by atoms with Gasteiger partial charge in [-0.15, -0.1) is 0 Å². The van der Waals surface area contributed by atoms with Crippen LogP contribution in [0, 0.1) is 5.92 Å². The molecule has 0 bridgehead atoms. The quantitative estimate of drug-likeness (QED) is 0.844. The fourth-order valence-corrected chi connectivity index (χ4v) is 3.00. The van der Waals surface area contributed by atoms with Crippen molar-refractivity contribution in [3.8, 4) is 0 Å². The Morgan fingerprint density at radius 2 is 2.12 bits per heavy atom. The van der Waals surface area contributed by atoms with E-state index in [1.165, 1.54) is 18.4 Å². The first kappa shape index (κ1) is 12.6. The Morgan fingerprint density at radius 3 is 2.65 bits per heavy atom. The van der Waals surface area contributed by atoms with Crippen LogP contribution in [0.3, 0.4) is 0 Å². The molecule has 2 heteroatoms. The highest BCUT2D eigenvalue weighted by Crippen LogP contribution is 2.30. The van der Waals surface area contributed by atoms with Crippen molar-refractivity contribution in [3.63, 3.8) is 0 Å². The zero-order valence-electron chi connectivity index (χ0n) is 10.9. The van der Waals surface area contributed by atoms with E-state index in [0.29, 0.717) is 17.9 Å². The van der Waals surface area contributed by atoms with Crippen LogP contribution in [0.15, 0.2) is 30.3 Å². The number of benzene rings is 1. The molecule has 2 rings (SSSR count). The van der Waals surface area contributed by atoms with Gasteiger partial charge in [0.1, 0.15) is 0 Å². The number of hydrogen-bond donors (Lipinski definition) is 1. The molecule has 1 heterocycles. The van der Waals surface area contributed by atoms with Gasteiger partial charge in [-0.05, 0) is 31.4 Å². The molecule has 1 aliphatic heterocycles. The topological polar surface area (TPSA) is 21.3 Å². The molecule has 17 heavy (non-hydrogen) atoms. The van der Waals surface area contributed by atoms with Crippen molar-refractivity contribution in [2.75, 3.05) is 20.3 Å². The van der Waals surface area contributed by atoms with Gasteiger partial charge in [0.15, 0.2) is 0 Å². The molecule has 0 saturated carbocycles. The largest absolute Gasteiger partial charge is 0.381 e. The molecule has 3 unspecified atom stereocenters. The minimum absolute atomic E-state index is 0.532. The lowest BCUT2D eigenvalue weighted by Gasteiger charge is -2.30. The summed E-state index contributed by atoms with van der Waals surface area (Å²) in [6.45, 7) is 4.11. The van der Waals surface area contributed by atoms with Gasteiger partial charge >= 0.3 is 0 Å². The van der Waals surface area contributed by atoms with E-state index in [0.717, 1.165) is 13.2 Å². The number of rotatable bonds is 5. The average molecular weight is 233 g/mol. The van der Waals surface area contributed by atoms with Crippen LogP contribution in [0.25, 0.3) is 0 Å². The van der Waals surface area contributed by atoms with E-state index in [1.807, 2.05) is 0 Å². The third-order valence-corrected chi connectivity index (χ3v) is 3.91. The second-order valence-corrected chi connectivity index (χ2v) is 4.86. The second kappa shape index (κ2) is 6.18. The fourth-order valence-electron chi connectivity index (χ4n) is 3.00. The Kier molecular flexibility index (Phi) is 4.57. The van der Waals surface area contributed by atoms with Crippen LogP contribution in [0.4, 0.5) is 0 Å². The lowest BCUT2D eigenvalue weighted by molar-refractivity contribution is 0.173. The van der Waals surface area contributed by atoms with Crippen molar-refractivity contribution in [3.05, 3.63) is 35.9 Å². The molecule has 1 N–H and O–H groups in total. The number of hydrogen-bond acceptors (Lipinski definition) is 2. The van der Waals surface area contributed by atoms with Gasteiger partial charge in [-0.25, -0.2) is 0 Å². The summed E-state index contributed by atoms with van der Waals surface area (Å²) in [4.78, 5) is 0. The predicted octanol–water partition coefficient (Wildman–Crippen LogP) is 2.80. The van der Waals surface area contributed by atoms with Crippen LogP contribution in [-0.4, -0.2) is 26.3 Å². The van der Waals surface area contributed by atoms with Gasteiger partial charge in [0, 0.05) is 18.6 Å². The average Bonchev–Trinajstić information content (AvgIpc) is 2.90. The highest BCUT2D eigenvalue weighted by atomic mass is 16.5. The highest BCUT2D eigenvalue weighted by Gasteiger charge is 2.30. The lowest BCUT2D eigenvalue weighted by Crippen LogP contribution is -2.39. The van der Waals surface area contributed by atoms with Crippen LogP contribution in [0.5, 0.6) is 0 Å². The van der Waals surface area contributed by atoms with E-state index >= 15 is 0 Å². The van der Waals surface area contributed by atoms with Crippen LogP contribution in [0.1, 0.15) is 31.2 Å². The van der Waals surface area contributed by atoms with Gasteiger partial charge in [-0.2, -0.15) is 0 Å². The number of nitrogens with one attached hydrogen (secondary N) is 1. The van der Waals surface area contributed by atoms with E-state index in [1.54, 1.807) is 0 Å². The maximum atomic E-state index is 5.53. The Morgan fingerprint density at radius 1 is 1.35 bits per heavy atom. The van der Waals surface area contributed by atoms with Gasteiger partial charge in [0.05, 0.1) is 6.61 Å². The molecule has 0 amide bonds. The lowest BCUT2D eigenvalue weighted by atomic mass is 9.81. The number of ether oxygens (including phenoxy) is 1. The predicted molar refractivity (Wildman–Crippen MR) is 71.2 cm³/mol. The molecule has 1 fully saturated rings. The Balaban J connectivity index is 2.15. The van der Waals surface area contributed by atoms with Crippen LogP contribution in [0.2, 0.25) is 0 Å². The van der Waals surface area contributed by atoms with Gasteiger partial charge in [-0.1, -0.05) is 37.3 Å². The van der Waals surface area contributed by atoms with Crippen molar-refractivity contribution in [1.82, 2.24) is 5.32 Å². The Labute approximate surface area is 104 Å². The highest BCUT2D eigenvalue weighted by molar-refractivity contribution is 5.21. The molecule has 0 radical (unpaired) electrons. The second-order valence-electron chi connectivity index (χ2n) is 4.86. The Bertz CT molecular complexity index is 319. The van der Waals surface area contributed by atoms with Crippen LogP contribution < -0.4 is 5.32 Å². The van der Waals surface area contributed by atoms with E-state index in [2.05, 4.69) is 49.6 Å². The summed E-state index contributed by atoms with van der Waals surface area (Å²) in [5.41, 5.74) is 1.45. The molecular formula is C15H23NO. The van der Waals surface area contributed by atoms with Crippen molar-refractivity contribution in [2.24, 2.45) is 5.92 Å². The molecule has 94 valence electrons. The van der Waals surface area contributed by atoms with Gasteiger partial charge < -0.3 is 10.1 Å². The summed E-state index contributed by atoms with van der Waals surface area (Å²) in [6.07, 6.45) is 2.36. The fraction of sp³-hybridized carbons (Fsp3) is 0.600. The van der Waals surface area contributed by atoms with Gasteiger partial charge in [0.2, 0.25) is 0 Å². The summed E-state index contributed by atoms with van der Waals surface area (Å²) in [6, 6.07) is 11.4. The molecular weight excluding hydrogens is 210 g/mol. The molecule has 0 spiro atoms. The molecule has 1 aliphatic rings. The number of likely N-dealkylation sites (N-methyl/N-ethyl adjacent to an activating group) is 1. The SMILES string of the molecule is CCC(c1ccccc1)C(NC)C1CCOC1. The Hall–Kier alpha value is -0.860. The molecule has 1 aromatic carbocycles. The van der Waals surface area contributed by atoms with Crippen LogP contribution >= 0.6 is 0 Å². The van der Waals surface area contributed by atoms with E-state index in [-0.39, 0.29) is 0 Å². The summed E-state index contributed by atoms with van der Waals surface area (Å²) < 4.78 is 5.53. The summed E-state index contributed by atoms with van der Waals surface area (Å²) in [5.74, 6) is 1.25. The molecule has 2 nitrogen and oxygen atoms in total. The molecule has 1 saturated heterocycles. The zero-order chi connectivity index (χ0) is 12.1. The van der Waals surface area contributed by atoms with Crippen molar-refractivity contribution in [2.45, 2.75) is 31.7 Å². The van der Waals surface area contributed by atoms with Gasteiger partial charge in [0.25, 0.3) is 0 Å². The molecule has 0 aliphatic carbocycles.